The maximum Gasteiger partial charge on any atom is 0.138 e. The van der Waals surface area contributed by atoms with Gasteiger partial charge in [0.15, 0.2) is 0 Å². The molecule has 0 aliphatic heterocycles. The summed E-state index contributed by atoms with van der Waals surface area (Å²) in [6, 6.07) is 0. The first-order valence-electron chi connectivity index (χ1n) is 4.21. The van der Waals surface area contributed by atoms with E-state index in [1.165, 1.54) is 0 Å². The van der Waals surface area contributed by atoms with Crippen molar-refractivity contribution in [1.29, 1.82) is 0 Å². The van der Waals surface area contributed by atoms with E-state index in [9.17, 15) is 0 Å². The molecule has 0 amide bonds. The van der Waals surface area contributed by atoms with Gasteiger partial charge >= 0.3 is 0 Å². The van der Waals surface area contributed by atoms with Crippen LogP contribution in [0.15, 0.2) is 6.33 Å². The summed E-state index contributed by atoms with van der Waals surface area (Å²) in [5.41, 5.74) is 0. The van der Waals surface area contributed by atoms with E-state index in [2.05, 4.69) is 22.3 Å². The molecule has 1 rings (SSSR count). The molecule has 0 bridgehead atoms. The third-order valence-corrected chi connectivity index (χ3v) is 1.89. The molecule has 4 nitrogen and oxygen atoms in total. The van der Waals surface area contributed by atoms with Crippen molar-refractivity contribution < 1.29 is 0 Å². The Balaban J connectivity index is 2.46. The van der Waals surface area contributed by atoms with E-state index < -0.39 is 0 Å². The van der Waals surface area contributed by atoms with Crippen molar-refractivity contribution in [3.05, 3.63) is 12.2 Å². The molecule has 1 N–H and O–H groups in total. The molecule has 68 valence electrons. The van der Waals surface area contributed by atoms with E-state index in [1.807, 2.05) is 18.8 Å². The van der Waals surface area contributed by atoms with Crippen molar-refractivity contribution in [2.75, 3.05) is 13.6 Å². The number of nitrogens with one attached hydrogen (secondary N) is 1. The molecule has 1 aromatic heterocycles. The van der Waals surface area contributed by atoms with Crippen LogP contribution < -0.4 is 5.32 Å². The second-order valence-corrected chi connectivity index (χ2v) is 3.17. The molecule has 0 aromatic carbocycles. The fourth-order valence-electron chi connectivity index (χ4n) is 1.24. The van der Waals surface area contributed by atoms with E-state index in [0.29, 0.717) is 5.92 Å². The second-order valence-electron chi connectivity index (χ2n) is 3.17. The molecule has 0 fully saturated rings. The summed E-state index contributed by atoms with van der Waals surface area (Å²) >= 11 is 0. The number of aryl methyl sites for hydroxylation is 1. The summed E-state index contributed by atoms with van der Waals surface area (Å²) in [6.45, 7) is 3.22. The molecular formula is C8H16N4. The predicted molar refractivity (Wildman–Crippen MR) is 47.8 cm³/mol. The van der Waals surface area contributed by atoms with Crippen molar-refractivity contribution in [3.8, 4) is 0 Å². The van der Waals surface area contributed by atoms with Crippen LogP contribution in [0.25, 0.3) is 0 Å². The van der Waals surface area contributed by atoms with Crippen molar-refractivity contribution in [2.45, 2.75) is 13.3 Å². The van der Waals surface area contributed by atoms with Crippen molar-refractivity contribution in [1.82, 2.24) is 20.1 Å². The lowest BCUT2D eigenvalue weighted by atomic mass is 10.1. The third-order valence-electron chi connectivity index (χ3n) is 1.89. The fourth-order valence-corrected chi connectivity index (χ4v) is 1.24. The van der Waals surface area contributed by atoms with E-state index in [1.54, 1.807) is 6.33 Å². The van der Waals surface area contributed by atoms with Gasteiger partial charge in [-0.3, -0.25) is 4.68 Å². The molecule has 1 atom stereocenters. The first-order chi connectivity index (χ1) is 5.74. The molecule has 0 aliphatic carbocycles. The van der Waals surface area contributed by atoms with Gasteiger partial charge in [0, 0.05) is 13.5 Å². The topological polar surface area (TPSA) is 42.7 Å². The quantitative estimate of drug-likeness (QED) is 0.699. The Hall–Kier alpha value is -0.900. The molecule has 1 aromatic rings. The second kappa shape index (κ2) is 4.21. The highest BCUT2D eigenvalue weighted by atomic mass is 15.3. The largest absolute Gasteiger partial charge is 0.319 e. The van der Waals surface area contributed by atoms with E-state index in [4.69, 9.17) is 0 Å². The van der Waals surface area contributed by atoms with Gasteiger partial charge in [0.25, 0.3) is 0 Å². The molecule has 0 aliphatic rings. The molecule has 1 heterocycles. The lowest BCUT2D eigenvalue weighted by molar-refractivity contribution is 0.513. The van der Waals surface area contributed by atoms with Crippen LogP contribution in [0.2, 0.25) is 0 Å². The van der Waals surface area contributed by atoms with Gasteiger partial charge < -0.3 is 5.32 Å². The average Bonchev–Trinajstić information content (AvgIpc) is 2.37. The van der Waals surface area contributed by atoms with E-state index in [-0.39, 0.29) is 0 Å². The Bertz CT molecular complexity index is 231. The van der Waals surface area contributed by atoms with Crippen LogP contribution in [0, 0.1) is 5.92 Å². The predicted octanol–water partition coefficient (Wildman–Crippen LogP) is 0.213. The lowest BCUT2D eigenvalue weighted by Crippen LogP contribution is -2.19. The smallest absolute Gasteiger partial charge is 0.138 e. The van der Waals surface area contributed by atoms with Gasteiger partial charge in [-0.1, -0.05) is 6.92 Å². The monoisotopic (exact) mass is 168 g/mol. The Labute approximate surface area is 73.0 Å². The third kappa shape index (κ3) is 2.30. The van der Waals surface area contributed by atoms with Crippen LogP contribution in [0.5, 0.6) is 0 Å². The van der Waals surface area contributed by atoms with E-state index in [0.717, 1.165) is 18.8 Å². The van der Waals surface area contributed by atoms with Gasteiger partial charge in [-0.05, 0) is 19.5 Å². The average molecular weight is 168 g/mol. The van der Waals surface area contributed by atoms with Crippen LogP contribution in [-0.4, -0.2) is 28.4 Å². The number of hydrogen-bond donors (Lipinski definition) is 1. The molecule has 0 saturated heterocycles. The zero-order valence-corrected chi connectivity index (χ0v) is 7.91. The van der Waals surface area contributed by atoms with Crippen molar-refractivity contribution in [3.63, 3.8) is 0 Å². The Morgan fingerprint density at radius 1 is 1.67 bits per heavy atom. The van der Waals surface area contributed by atoms with Crippen molar-refractivity contribution in [2.24, 2.45) is 13.0 Å². The van der Waals surface area contributed by atoms with Gasteiger partial charge in [-0.25, -0.2) is 4.98 Å². The molecule has 0 spiro atoms. The zero-order chi connectivity index (χ0) is 8.97. The van der Waals surface area contributed by atoms with Crippen LogP contribution in [0.1, 0.15) is 12.7 Å². The van der Waals surface area contributed by atoms with Gasteiger partial charge in [0.2, 0.25) is 0 Å². The normalized spacial score (nSPS) is 13.2. The first-order valence-corrected chi connectivity index (χ1v) is 4.21. The Kier molecular flexibility index (Phi) is 3.22. The Morgan fingerprint density at radius 2 is 2.42 bits per heavy atom. The lowest BCUT2D eigenvalue weighted by Gasteiger charge is -2.08. The van der Waals surface area contributed by atoms with E-state index >= 15 is 0 Å². The first kappa shape index (κ1) is 9.19. The SMILES string of the molecule is CNCC(C)Cc1ncnn1C. The minimum atomic E-state index is 0.609. The highest BCUT2D eigenvalue weighted by molar-refractivity contribution is 4.85. The van der Waals surface area contributed by atoms with Crippen LogP contribution in [0.4, 0.5) is 0 Å². The molecular weight excluding hydrogens is 152 g/mol. The number of nitrogens with zero attached hydrogens (tertiary/aromatic N) is 3. The maximum atomic E-state index is 4.16. The zero-order valence-electron chi connectivity index (χ0n) is 7.91. The van der Waals surface area contributed by atoms with Gasteiger partial charge in [-0.15, -0.1) is 0 Å². The summed E-state index contributed by atoms with van der Waals surface area (Å²) in [5, 5.41) is 7.16. The minimum Gasteiger partial charge on any atom is -0.319 e. The van der Waals surface area contributed by atoms with Crippen LogP contribution in [0.3, 0.4) is 0 Å². The van der Waals surface area contributed by atoms with Gasteiger partial charge in [0.05, 0.1) is 0 Å². The number of hydrogen-bond acceptors (Lipinski definition) is 3. The number of rotatable bonds is 4. The maximum absolute atomic E-state index is 4.16. The van der Waals surface area contributed by atoms with Crippen molar-refractivity contribution >= 4 is 0 Å². The van der Waals surface area contributed by atoms with Crippen LogP contribution >= 0.6 is 0 Å². The summed E-state index contributed by atoms with van der Waals surface area (Å²) in [6.07, 6.45) is 2.58. The summed E-state index contributed by atoms with van der Waals surface area (Å²) in [5.74, 6) is 1.66. The summed E-state index contributed by atoms with van der Waals surface area (Å²) < 4.78 is 1.83. The number of aromatic nitrogens is 3. The van der Waals surface area contributed by atoms with Crippen LogP contribution in [-0.2, 0) is 13.5 Å². The Morgan fingerprint density at radius 3 is 2.92 bits per heavy atom. The molecule has 0 radical (unpaired) electrons. The summed E-state index contributed by atoms with van der Waals surface area (Å²) in [4.78, 5) is 4.16. The molecule has 4 heteroatoms. The van der Waals surface area contributed by atoms with Gasteiger partial charge in [0.1, 0.15) is 12.2 Å². The fraction of sp³-hybridized carbons (Fsp3) is 0.750. The van der Waals surface area contributed by atoms with Gasteiger partial charge in [-0.2, -0.15) is 5.10 Å². The standard InChI is InChI=1S/C8H16N4/c1-7(5-9-2)4-8-10-6-11-12(8)3/h6-7,9H,4-5H2,1-3H3. The summed E-state index contributed by atoms with van der Waals surface area (Å²) in [7, 11) is 3.89. The molecule has 0 saturated carbocycles. The molecule has 1 unspecified atom stereocenters. The minimum absolute atomic E-state index is 0.609. The highest BCUT2D eigenvalue weighted by Gasteiger charge is 2.06. The highest BCUT2D eigenvalue weighted by Crippen LogP contribution is 2.02. The molecule has 12 heavy (non-hydrogen) atoms.